The smallest absolute Gasteiger partial charge is 0.157 e. The first-order valence-corrected chi connectivity index (χ1v) is 3.45. The Morgan fingerprint density at radius 1 is 1.40 bits per heavy atom. The van der Waals surface area contributed by atoms with Crippen molar-refractivity contribution in [2.75, 3.05) is 33.7 Å². The summed E-state index contributed by atoms with van der Waals surface area (Å²) in [6.45, 7) is 2.73. The van der Waals surface area contributed by atoms with Crippen LogP contribution in [0.15, 0.2) is 5.18 Å². The minimum absolute atomic E-state index is 0.140. The van der Waals surface area contributed by atoms with E-state index in [4.69, 9.17) is 0 Å². The molecule has 0 aromatic heterocycles. The monoisotopic (exact) mass is 143 g/mol. The Kier molecular flexibility index (Phi) is 2.34. The van der Waals surface area contributed by atoms with Gasteiger partial charge in [0.2, 0.25) is 0 Å². The van der Waals surface area contributed by atoms with E-state index in [-0.39, 0.29) is 6.17 Å². The molecule has 1 unspecified atom stereocenters. The maximum absolute atomic E-state index is 10.2. The number of nitroso groups, excluding NO2 is 1. The van der Waals surface area contributed by atoms with Crippen molar-refractivity contribution in [1.82, 2.24) is 9.80 Å². The van der Waals surface area contributed by atoms with Crippen molar-refractivity contribution in [2.45, 2.75) is 6.17 Å². The number of rotatable bonds is 1. The highest BCUT2D eigenvalue weighted by Gasteiger charge is 2.21. The van der Waals surface area contributed by atoms with E-state index in [0.29, 0.717) is 0 Å². The van der Waals surface area contributed by atoms with Crippen LogP contribution in [0, 0.1) is 4.91 Å². The van der Waals surface area contributed by atoms with Gasteiger partial charge < -0.3 is 4.90 Å². The molecule has 1 aliphatic rings. The average molecular weight is 143 g/mol. The van der Waals surface area contributed by atoms with Crippen LogP contribution in [0.5, 0.6) is 0 Å². The normalized spacial score (nSPS) is 30.4. The van der Waals surface area contributed by atoms with E-state index in [2.05, 4.69) is 10.1 Å². The molecule has 0 bridgehead atoms. The molecule has 0 aromatic carbocycles. The fraction of sp³-hybridized carbons (Fsp3) is 1.00. The van der Waals surface area contributed by atoms with Gasteiger partial charge >= 0.3 is 0 Å². The zero-order valence-corrected chi connectivity index (χ0v) is 6.45. The fourth-order valence-electron chi connectivity index (χ4n) is 1.10. The Morgan fingerprint density at radius 3 is 2.60 bits per heavy atom. The maximum Gasteiger partial charge on any atom is 0.157 e. The minimum Gasteiger partial charge on any atom is -0.301 e. The molecule has 1 saturated heterocycles. The highest BCUT2D eigenvalue weighted by atomic mass is 16.3. The van der Waals surface area contributed by atoms with Crippen molar-refractivity contribution < 1.29 is 0 Å². The highest BCUT2D eigenvalue weighted by molar-refractivity contribution is 4.75. The molecule has 4 heteroatoms. The van der Waals surface area contributed by atoms with Crippen LogP contribution in [0.3, 0.4) is 0 Å². The van der Waals surface area contributed by atoms with E-state index in [9.17, 15) is 4.91 Å². The lowest BCUT2D eigenvalue weighted by atomic mass is 10.3. The third-order valence-electron chi connectivity index (χ3n) is 1.94. The van der Waals surface area contributed by atoms with Crippen LogP contribution in [0.1, 0.15) is 0 Å². The van der Waals surface area contributed by atoms with Crippen molar-refractivity contribution >= 4 is 0 Å². The van der Waals surface area contributed by atoms with E-state index >= 15 is 0 Å². The summed E-state index contributed by atoms with van der Waals surface area (Å²) in [6, 6.07) is 0. The van der Waals surface area contributed by atoms with Crippen LogP contribution < -0.4 is 0 Å². The zero-order valence-electron chi connectivity index (χ0n) is 6.45. The number of likely N-dealkylation sites (N-methyl/N-ethyl adjacent to an activating group) is 2. The second kappa shape index (κ2) is 3.07. The van der Waals surface area contributed by atoms with Crippen molar-refractivity contribution in [3.63, 3.8) is 0 Å². The van der Waals surface area contributed by atoms with Crippen LogP contribution >= 0.6 is 0 Å². The summed E-state index contributed by atoms with van der Waals surface area (Å²) in [5.74, 6) is 0. The molecule has 0 N–H and O–H groups in total. The van der Waals surface area contributed by atoms with Crippen LogP contribution in [0.2, 0.25) is 0 Å². The fourth-order valence-corrected chi connectivity index (χ4v) is 1.10. The minimum atomic E-state index is -0.140. The van der Waals surface area contributed by atoms with Crippen LogP contribution in [-0.4, -0.2) is 49.7 Å². The first-order valence-electron chi connectivity index (χ1n) is 3.45. The Hall–Kier alpha value is -0.480. The van der Waals surface area contributed by atoms with Gasteiger partial charge in [0.05, 0.1) is 0 Å². The van der Waals surface area contributed by atoms with Gasteiger partial charge in [0, 0.05) is 19.6 Å². The Labute approximate surface area is 60.8 Å². The number of piperazine rings is 1. The summed E-state index contributed by atoms with van der Waals surface area (Å²) in [6.07, 6.45) is -0.140. The quantitative estimate of drug-likeness (QED) is 0.483. The largest absolute Gasteiger partial charge is 0.301 e. The summed E-state index contributed by atoms with van der Waals surface area (Å²) in [4.78, 5) is 14.3. The second-order valence-electron chi connectivity index (χ2n) is 2.83. The Balaban J connectivity index is 2.45. The molecule has 0 radical (unpaired) electrons. The molecule has 1 rings (SSSR count). The first kappa shape index (κ1) is 7.63. The van der Waals surface area contributed by atoms with Gasteiger partial charge in [-0.3, -0.25) is 4.90 Å². The molecule has 0 aliphatic carbocycles. The molecule has 0 aromatic rings. The van der Waals surface area contributed by atoms with Crippen LogP contribution in [0.4, 0.5) is 0 Å². The molecule has 0 amide bonds. The topological polar surface area (TPSA) is 35.9 Å². The second-order valence-corrected chi connectivity index (χ2v) is 2.83. The van der Waals surface area contributed by atoms with E-state index < -0.39 is 0 Å². The molecule has 0 spiro atoms. The molecule has 0 saturated carbocycles. The van der Waals surface area contributed by atoms with Crippen molar-refractivity contribution in [1.29, 1.82) is 0 Å². The highest BCUT2D eigenvalue weighted by Crippen LogP contribution is 2.05. The van der Waals surface area contributed by atoms with E-state index in [1.54, 1.807) is 0 Å². The van der Waals surface area contributed by atoms with Crippen molar-refractivity contribution in [3.8, 4) is 0 Å². The molecule has 1 aliphatic heterocycles. The maximum atomic E-state index is 10.2. The predicted molar refractivity (Wildman–Crippen MR) is 39.7 cm³/mol. The number of nitrogens with zero attached hydrogens (tertiary/aromatic N) is 3. The Morgan fingerprint density at radius 2 is 2.10 bits per heavy atom. The molecule has 1 fully saturated rings. The zero-order chi connectivity index (χ0) is 7.56. The van der Waals surface area contributed by atoms with Gasteiger partial charge in [-0.1, -0.05) is 0 Å². The van der Waals surface area contributed by atoms with Gasteiger partial charge in [-0.25, -0.2) is 0 Å². The predicted octanol–water partition coefficient (Wildman–Crippen LogP) is -0.0439. The van der Waals surface area contributed by atoms with Crippen LogP contribution in [-0.2, 0) is 0 Å². The van der Waals surface area contributed by atoms with Crippen molar-refractivity contribution in [3.05, 3.63) is 4.91 Å². The molecule has 10 heavy (non-hydrogen) atoms. The van der Waals surface area contributed by atoms with Gasteiger partial charge in [0.1, 0.15) is 0 Å². The summed E-state index contributed by atoms with van der Waals surface area (Å²) < 4.78 is 0. The first-order chi connectivity index (χ1) is 4.74. The summed E-state index contributed by atoms with van der Waals surface area (Å²) in [7, 11) is 3.93. The third kappa shape index (κ3) is 1.52. The van der Waals surface area contributed by atoms with E-state index in [1.807, 2.05) is 19.0 Å². The van der Waals surface area contributed by atoms with E-state index in [1.165, 1.54) is 0 Å². The SMILES string of the molecule is CN1CCN(C)C(N=O)C1. The molecule has 4 nitrogen and oxygen atoms in total. The van der Waals surface area contributed by atoms with Gasteiger partial charge in [-0.2, -0.15) is 0 Å². The lowest BCUT2D eigenvalue weighted by Gasteiger charge is -2.33. The van der Waals surface area contributed by atoms with Gasteiger partial charge in [-0.05, 0) is 19.3 Å². The lowest BCUT2D eigenvalue weighted by molar-refractivity contribution is 0.119. The number of hydrogen-bond donors (Lipinski definition) is 0. The molecular formula is C6H13N3O. The van der Waals surface area contributed by atoms with Crippen molar-refractivity contribution in [2.24, 2.45) is 5.18 Å². The third-order valence-corrected chi connectivity index (χ3v) is 1.94. The average Bonchev–Trinajstić information content (AvgIpc) is 1.94. The molecule has 1 atom stereocenters. The molecule has 1 heterocycles. The van der Waals surface area contributed by atoms with Gasteiger partial charge in [0.15, 0.2) is 6.17 Å². The standard InChI is InChI=1S/C6H13N3O/c1-8-3-4-9(2)6(5-8)7-10/h6H,3-5H2,1-2H3. The lowest BCUT2D eigenvalue weighted by Crippen LogP contribution is -2.48. The molecule has 58 valence electrons. The van der Waals surface area contributed by atoms with Gasteiger partial charge in [-0.15, -0.1) is 4.91 Å². The number of hydrogen-bond acceptors (Lipinski definition) is 4. The summed E-state index contributed by atoms with van der Waals surface area (Å²) in [5, 5.41) is 3.01. The van der Waals surface area contributed by atoms with Gasteiger partial charge in [0.25, 0.3) is 0 Å². The Bertz CT molecular complexity index is 128. The van der Waals surface area contributed by atoms with Crippen LogP contribution in [0.25, 0.3) is 0 Å². The summed E-state index contributed by atoms with van der Waals surface area (Å²) in [5.41, 5.74) is 0. The van der Waals surface area contributed by atoms with E-state index in [0.717, 1.165) is 19.6 Å². The molecular weight excluding hydrogens is 130 g/mol. The summed E-state index contributed by atoms with van der Waals surface area (Å²) >= 11 is 0.